The molecule has 6 heteroatoms. The third-order valence-electron chi connectivity index (χ3n) is 5.45. The smallest absolute Gasteiger partial charge is 0.191 e. The lowest BCUT2D eigenvalue weighted by Gasteiger charge is -2.37. The van der Waals surface area contributed by atoms with Gasteiger partial charge in [-0.2, -0.15) is 0 Å². The van der Waals surface area contributed by atoms with Crippen molar-refractivity contribution in [3.8, 4) is 0 Å². The monoisotopic (exact) mass is 378 g/mol. The Morgan fingerprint density at radius 2 is 1.96 bits per heavy atom. The Kier molecular flexibility index (Phi) is 8.35. The fourth-order valence-electron chi connectivity index (χ4n) is 3.85. The molecule has 0 aromatic heterocycles. The lowest BCUT2D eigenvalue weighted by molar-refractivity contribution is 0.131. The van der Waals surface area contributed by atoms with E-state index in [1.807, 2.05) is 27.1 Å². The van der Waals surface area contributed by atoms with Crippen LogP contribution in [0.15, 0.2) is 23.2 Å². The summed E-state index contributed by atoms with van der Waals surface area (Å²) in [6, 6.07) is 5.26. The van der Waals surface area contributed by atoms with Crippen molar-refractivity contribution >= 4 is 11.6 Å². The molecule has 1 aromatic carbocycles. The largest absolute Gasteiger partial charge is 0.396 e. The SMILES string of the molecule is CCNC(=NCc1ccc(N(C)C)c(F)c1)NCC1(CCO)CCCCC1. The first kappa shape index (κ1) is 21.5. The Bertz CT molecular complexity index is 607. The molecule has 1 aliphatic rings. The highest BCUT2D eigenvalue weighted by atomic mass is 19.1. The number of anilines is 1. The van der Waals surface area contributed by atoms with Gasteiger partial charge in [0.2, 0.25) is 0 Å². The third kappa shape index (κ3) is 6.38. The number of hydrogen-bond acceptors (Lipinski definition) is 3. The Morgan fingerprint density at radius 1 is 1.22 bits per heavy atom. The van der Waals surface area contributed by atoms with Gasteiger partial charge < -0.3 is 20.6 Å². The van der Waals surface area contributed by atoms with Crippen molar-refractivity contribution in [3.05, 3.63) is 29.6 Å². The van der Waals surface area contributed by atoms with Gasteiger partial charge in [-0.05, 0) is 49.3 Å². The second-order valence-corrected chi connectivity index (χ2v) is 7.76. The van der Waals surface area contributed by atoms with Crippen LogP contribution in [0.2, 0.25) is 0 Å². The van der Waals surface area contributed by atoms with E-state index in [9.17, 15) is 9.50 Å². The summed E-state index contributed by atoms with van der Waals surface area (Å²) in [5, 5.41) is 16.2. The molecule has 0 aliphatic heterocycles. The maximum atomic E-state index is 14.2. The van der Waals surface area contributed by atoms with Crippen molar-refractivity contribution in [1.29, 1.82) is 0 Å². The highest BCUT2D eigenvalue weighted by Crippen LogP contribution is 2.38. The van der Waals surface area contributed by atoms with Crippen LogP contribution in [0.5, 0.6) is 0 Å². The number of aliphatic hydroxyl groups excluding tert-OH is 1. The predicted molar refractivity (Wildman–Crippen MR) is 111 cm³/mol. The summed E-state index contributed by atoms with van der Waals surface area (Å²) in [5.41, 5.74) is 1.58. The molecule has 5 nitrogen and oxygen atoms in total. The summed E-state index contributed by atoms with van der Waals surface area (Å²) in [6.07, 6.45) is 6.88. The summed E-state index contributed by atoms with van der Waals surface area (Å²) in [7, 11) is 3.66. The molecular weight excluding hydrogens is 343 g/mol. The van der Waals surface area contributed by atoms with Crippen LogP contribution in [-0.4, -0.2) is 44.9 Å². The van der Waals surface area contributed by atoms with E-state index < -0.39 is 0 Å². The van der Waals surface area contributed by atoms with Gasteiger partial charge in [-0.3, -0.25) is 0 Å². The first-order valence-electron chi connectivity index (χ1n) is 10.1. The number of nitrogens with one attached hydrogen (secondary N) is 2. The normalized spacial score (nSPS) is 16.9. The number of nitrogens with zero attached hydrogens (tertiary/aromatic N) is 2. The van der Waals surface area contributed by atoms with Crippen LogP contribution >= 0.6 is 0 Å². The predicted octanol–water partition coefficient (Wildman–Crippen LogP) is 3.28. The maximum absolute atomic E-state index is 14.2. The van der Waals surface area contributed by atoms with Gasteiger partial charge in [0, 0.05) is 33.8 Å². The molecule has 0 radical (unpaired) electrons. The van der Waals surface area contributed by atoms with E-state index in [0.717, 1.165) is 43.9 Å². The summed E-state index contributed by atoms with van der Waals surface area (Å²) >= 11 is 0. The number of benzene rings is 1. The Balaban J connectivity index is 2.02. The van der Waals surface area contributed by atoms with Crippen LogP contribution in [0.4, 0.5) is 10.1 Å². The zero-order valence-electron chi connectivity index (χ0n) is 17.0. The average molecular weight is 379 g/mol. The number of hydrogen-bond donors (Lipinski definition) is 3. The van der Waals surface area contributed by atoms with Crippen molar-refractivity contribution < 1.29 is 9.50 Å². The first-order valence-corrected chi connectivity index (χ1v) is 10.1. The molecule has 1 aliphatic carbocycles. The van der Waals surface area contributed by atoms with Gasteiger partial charge in [-0.25, -0.2) is 9.38 Å². The lowest BCUT2D eigenvalue weighted by atomic mass is 9.72. The first-order chi connectivity index (χ1) is 13.0. The van der Waals surface area contributed by atoms with E-state index in [1.165, 1.54) is 19.3 Å². The van der Waals surface area contributed by atoms with E-state index in [2.05, 4.69) is 15.6 Å². The quantitative estimate of drug-likeness (QED) is 0.480. The molecule has 0 atom stereocenters. The molecular formula is C21H35FN4O. The summed E-state index contributed by atoms with van der Waals surface area (Å²) < 4.78 is 14.2. The van der Waals surface area contributed by atoms with Crippen LogP contribution in [0.1, 0.15) is 51.0 Å². The van der Waals surface area contributed by atoms with Crippen LogP contribution in [0, 0.1) is 11.2 Å². The average Bonchev–Trinajstić information content (AvgIpc) is 2.65. The van der Waals surface area contributed by atoms with Gasteiger partial charge in [0.1, 0.15) is 5.82 Å². The van der Waals surface area contributed by atoms with Crippen molar-refractivity contribution in [2.45, 2.75) is 52.0 Å². The minimum Gasteiger partial charge on any atom is -0.396 e. The molecule has 0 heterocycles. The van der Waals surface area contributed by atoms with Crippen LogP contribution < -0.4 is 15.5 Å². The molecule has 1 fully saturated rings. The fraction of sp³-hybridized carbons (Fsp3) is 0.667. The van der Waals surface area contributed by atoms with Crippen molar-refractivity contribution in [3.63, 3.8) is 0 Å². The Labute approximate surface area is 163 Å². The Morgan fingerprint density at radius 3 is 2.56 bits per heavy atom. The highest BCUT2D eigenvalue weighted by molar-refractivity contribution is 5.79. The van der Waals surface area contributed by atoms with E-state index in [4.69, 9.17) is 0 Å². The van der Waals surface area contributed by atoms with Crippen LogP contribution in [0.3, 0.4) is 0 Å². The number of guanidine groups is 1. The molecule has 152 valence electrons. The molecule has 0 amide bonds. The van der Waals surface area contributed by atoms with E-state index in [0.29, 0.717) is 12.2 Å². The summed E-state index contributed by atoms with van der Waals surface area (Å²) in [6.45, 7) is 4.27. The molecule has 0 unspecified atom stereocenters. The number of aliphatic imine (C=N–C) groups is 1. The standard InChI is InChI=1S/C21H35FN4O/c1-4-23-20(25-16-21(12-13-27)10-6-5-7-11-21)24-15-17-8-9-19(26(2)3)18(22)14-17/h8-9,14,27H,4-7,10-13,15-16H2,1-3H3,(H2,23,24,25). The molecule has 1 aromatic rings. The molecule has 27 heavy (non-hydrogen) atoms. The lowest BCUT2D eigenvalue weighted by Crippen LogP contribution is -2.44. The highest BCUT2D eigenvalue weighted by Gasteiger charge is 2.31. The number of halogens is 1. The molecule has 2 rings (SSSR count). The Hall–Kier alpha value is -1.82. The second kappa shape index (κ2) is 10.5. The molecule has 0 bridgehead atoms. The van der Waals surface area contributed by atoms with E-state index in [1.54, 1.807) is 17.0 Å². The van der Waals surface area contributed by atoms with E-state index in [-0.39, 0.29) is 17.8 Å². The fourth-order valence-corrected chi connectivity index (χ4v) is 3.85. The molecule has 1 saturated carbocycles. The minimum absolute atomic E-state index is 0.155. The maximum Gasteiger partial charge on any atom is 0.191 e. The van der Waals surface area contributed by atoms with Gasteiger partial charge in [0.05, 0.1) is 12.2 Å². The zero-order valence-corrected chi connectivity index (χ0v) is 17.0. The van der Waals surface area contributed by atoms with Gasteiger partial charge in [-0.15, -0.1) is 0 Å². The minimum atomic E-state index is -0.227. The van der Waals surface area contributed by atoms with Crippen molar-refractivity contribution in [2.75, 3.05) is 38.7 Å². The zero-order chi connectivity index (χ0) is 19.7. The van der Waals surface area contributed by atoms with Gasteiger partial charge >= 0.3 is 0 Å². The number of rotatable bonds is 8. The van der Waals surface area contributed by atoms with Gasteiger partial charge in [-0.1, -0.05) is 25.3 Å². The van der Waals surface area contributed by atoms with Crippen molar-refractivity contribution in [1.82, 2.24) is 10.6 Å². The molecule has 3 N–H and O–H groups in total. The van der Waals surface area contributed by atoms with Gasteiger partial charge in [0.15, 0.2) is 5.96 Å². The van der Waals surface area contributed by atoms with Gasteiger partial charge in [0.25, 0.3) is 0 Å². The molecule has 0 spiro atoms. The summed E-state index contributed by atoms with van der Waals surface area (Å²) in [4.78, 5) is 6.39. The van der Waals surface area contributed by atoms with Crippen molar-refractivity contribution in [2.24, 2.45) is 10.4 Å². The van der Waals surface area contributed by atoms with Crippen LogP contribution in [-0.2, 0) is 6.54 Å². The second-order valence-electron chi connectivity index (χ2n) is 7.76. The third-order valence-corrected chi connectivity index (χ3v) is 5.45. The molecule has 0 saturated heterocycles. The topological polar surface area (TPSA) is 59.9 Å². The van der Waals surface area contributed by atoms with E-state index >= 15 is 0 Å². The number of aliphatic hydroxyl groups is 1. The summed E-state index contributed by atoms with van der Waals surface area (Å²) in [5.74, 6) is 0.521. The van der Waals surface area contributed by atoms with Crippen LogP contribution in [0.25, 0.3) is 0 Å².